The summed E-state index contributed by atoms with van der Waals surface area (Å²) in [7, 11) is 3.88. The topological polar surface area (TPSA) is 38.8 Å². The molecule has 0 saturated carbocycles. The predicted octanol–water partition coefficient (Wildman–Crippen LogP) is 6.13. The number of rotatable bonds is 6. The molecule has 2 aliphatic rings. The summed E-state index contributed by atoms with van der Waals surface area (Å²) in [6, 6.07) is 14.5. The molecule has 0 spiro atoms. The molecular formula is C24H29I2NO3V. The first kappa shape index (κ1) is 25.3. The fraction of sp³-hybridized carbons (Fsp3) is 0.458. The fourth-order valence-electron chi connectivity index (χ4n) is 4.71. The van der Waals surface area contributed by atoms with Crippen molar-refractivity contribution in [3.8, 4) is 11.5 Å². The van der Waals surface area contributed by atoms with Crippen molar-refractivity contribution in [2.45, 2.75) is 32.2 Å². The zero-order chi connectivity index (χ0) is 22.2. The van der Waals surface area contributed by atoms with Gasteiger partial charge in [0.15, 0.2) is 17.3 Å². The Balaban J connectivity index is 0.000000858. The van der Waals surface area contributed by atoms with Gasteiger partial charge in [-0.15, -0.1) is 0 Å². The van der Waals surface area contributed by atoms with Crippen molar-refractivity contribution in [2.75, 3.05) is 27.3 Å². The summed E-state index contributed by atoms with van der Waals surface area (Å²) in [5, 5.41) is 0. The van der Waals surface area contributed by atoms with E-state index in [9.17, 15) is 4.79 Å². The number of ketones is 1. The molecule has 1 aliphatic heterocycles. The molecule has 31 heavy (non-hydrogen) atoms. The van der Waals surface area contributed by atoms with Crippen molar-refractivity contribution >= 4 is 45.7 Å². The number of hydrogen-bond donors (Lipinski definition) is 0. The van der Waals surface area contributed by atoms with Crippen LogP contribution in [0, 0.1) is 11.8 Å². The van der Waals surface area contributed by atoms with Gasteiger partial charge in [0.25, 0.3) is 0 Å². The maximum absolute atomic E-state index is 12.9. The van der Waals surface area contributed by atoms with Crippen LogP contribution in [0.1, 0.15) is 40.7 Å². The second-order valence-corrected chi connectivity index (χ2v) is 19.9. The van der Waals surface area contributed by atoms with E-state index in [1.807, 2.05) is 12.1 Å². The Bertz CT molecular complexity index is 857. The first-order valence-electron chi connectivity index (χ1n) is 10.6. The molecule has 167 valence electrons. The van der Waals surface area contributed by atoms with Crippen LogP contribution in [0.3, 0.4) is 0 Å². The van der Waals surface area contributed by atoms with Crippen LogP contribution in [0.2, 0.25) is 0 Å². The van der Waals surface area contributed by atoms with Crippen molar-refractivity contribution < 1.29 is 23.7 Å². The van der Waals surface area contributed by atoms with Crippen LogP contribution in [0.5, 0.6) is 11.5 Å². The standard InChI is InChI=1S/C24H29NO3.2HI.V/c1-27-22-14-19-13-20(24(26)21(19)15-23(22)28-2)12-17-8-10-25(11-9-17)16-18-6-4-3-5-7-18;;;/h3-7,14-15,17,20H,8-13,16H2,1-2H3;2*1H;/q;;;+2/p-2. The van der Waals surface area contributed by atoms with Crippen molar-refractivity contribution in [3.63, 3.8) is 0 Å². The molecule has 4 rings (SSSR count). The zero-order valence-electron chi connectivity index (χ0n) is 18.0. The molecule has 7 heteroatoms. The molecule has 1 unspecified atom stereocenters. The number of halogens is 2. The molecule has 1 heterocycles. The summed E-state index contributed by atoms with van der Waals surface area (Å²) >= 11 is 4.74. The molecule has 2 aromatic rings. The Morgan fingerprint density at radius 3 is 2.26 bits per heavy atom. The Kier molecular flexibility index (Phi) is 10.5. The summed E-state index contributed by atoms with van der Waals surface area (Å²) in [5.74, 6) is 2.38. The number of hydrogen-bond acceptors (Lipinski definition) is 4. The van der Waals surface area contributed by atoms with Gasteiger partial charge < -0.3 is 9.47 Å². The number of piperidine rings is 1. The van der Waals surface area contributed by atoms with Gasteiger partial charge in [-0.2, -0.15) is 0 Å². The van der Waals surface area contributed by atoms with Gasteiger partial charge >= 0.3 is 49.4 Å². The van der Waals surface area contributed by atoms with E-state index < -0.39 is 0 Å². The van der Waals surface area contributed by atoms with E-state index in [1.165, 1.54) is 18.4 Å². The van der Waals surface area contributed by atoms with Gasteiger partial charge in [-0.05, 0) is 68.0 Å². The van der Waals surface area contributed by atoms with Crippen LogP contribution in [0.15, 0.2) is 42.5 Å². The SMILES string of the molecule is COc1cc2c(cc1OC)C(=O)C(CC1CCN(Cc3ccccc3)CC1)C2.[I][V][I]. The molecule has 1 fully saturated rings. The summed E-state index contributed by atoms with van der Waals surface area (Å²) in [5.41, 5.74) is 3.31. The third-order valence-electron chi connectivity index (χ3n) is 6.29. The van der Waals surface area contributed by atoms with Crippen LogP contribution in [-0.4, -0.2) is 38.0 Å². The van der Waals surface area contributed by atoms with Crippen LogP contribution < -0.4 is 9.47 Å². The first-order valence-corrected chi connectivity index (χ1v) is 19.6. The second kappa shape index (κ2) is 12.8. The third-order valence-corrected chi connectivity index (χ3v) is 6.29. The van der Waals surface area contributed by atoms with Crippen molar-refractivity contribution in [3.05, 3.63) is 59.2 Å². The number of nitrogens with zero attached hydrogens (tertiary/aromatic N) is 1. The number of methoxy groups -OCH3 is 2. The number of fused-ring (bicyclic) bond motifs is 1. The van der Waals surface area contributed by atoms with Crippen molar-refractivity contribution in [2.24, 2.45) is 11.8 Å². The predicted molar refractivity (Wildman–Crippen MR) is 138 cm³/mol. The molecule has 4 nitrogen and oxygen atoms in total. The number of likely N-dealkylation sites (tertiary alicyclic amines) is 1. The van der Waals surface area contributed by atoms with Crippen molar-refractivity contribution in [1.82, 2.24) is 4.90 Å². The van der Waals surface area contributed by atoms with Gasteiger partial charge in [0, 0.05) is 18.0 Å². The first-order chi connectivity index (χ1) is 15.1. The maximum atomic E-state index is 12.9. The summed E-state index contributed by atoms with van der Waals surface area (Å²) in [6.45, 7) is 3.27. The van der Waals surface area contributed by atoms with Crippen molar-refractivity contribution in [1.29, 1.82) is 0 Å². The zero-order valence-corrected chi connectivity index (χ0v) is 23.7. The summed E-state index contributed by atoms with van der Waals surface area (Å²) in [4.78, 5) is 15.5. The Morgan fingerprint density at radius 2 is 1.65 bits per heavy atom. The average Bonchev–Trinajstić information content (AvgIpc) is 3.09. The molecule has 0 radical (unpaired) electrons. The average molecular weight is 684 g/mol. The monoisotopic (exact) mass is 684 g/mol. The minimum absolute atomic E-state index is 0.109. The summed E-state index contributed by atoms with van der Waals surface area (Å²) < 4.78 is 10.8. The Hall–Kier alpha value is -0.286. The van der Waals surface area contributed by atoms with E-state index >= 15 is 0 Å². The third kappa shape index (κ3) is 6.85. The van der Waals surface area contributed by atoms with E-state index in [0.717, 1.165) is 43.6 Å². The van der Waals surface area contributed by atoms with E-state index in [4.69, 9.17) is 9.47 Å². The molecule has 0 bridgehead atoms. The van der Waals surface area contributed by atoms with E-state index in [0.29, 0.717) is 26.9 Å². The van der Waals surface area contributed by atoms with Crippen LogP contribution in [0.25, 0.3) is 0 Å². The second-order valence-electron chi connectivity index (χ2n) is 8.13. The van der Waals surface area contributed by atoms with Gasteiger partial charge in [-0.25, -0.2) is 0 Å². The molecule has 1 atom stereocenters. The quantitative estimate of drug-likeness (QED) is 0.344. The van der Waals surface area contributed by atoms with Gasteiger partial charge in [-0.3, -0.25) is 9.69 Å². The van der Waals surface area contributed by atoms with Crippen LogP contribution >= 0.6 is 40.0 Å². The Labute approximate surface area is 214 Å². The van der Waals surface area contributed by atoms with Crippen LogP contribution in [-0.2, 0) is 22.4 Å². The molecule has 0 aromatic heterocycles. The van der Waals surface area contributed by atoms with Gasteiger partial charge in [0.1, 0.15) is 0 Å². The summed E-state index contributed by atoms with van der Waals surface area (Å²) in [6.07, 6.45) is 4.19. The molecule has 1 aliphatic carbocycles. The van der Waals surface area contributed by atoms with E-state index in [1.54, 1.807) is 14.2 Å². The van der Waals surface area contributed by atoms with Gasteiger partial charge in [-0.1, -0.05) is 30.3 Å². The Morgan fingerprint density at radius 1 is 1.03 bits per heavy atom. The van der Waals surface area contributed by atoms with E-state index in [2.05, 4.69) is 75.2 Å². The number of benzene rings is 2. The number of ether oxygens (including phenoxy) is 2. The molecule has 1 saturated heterocycles. The van der Waals surface area contributed by atoms with E-state index in [-0.39, 0.29) is 11.7 Å². The minimum atomic E-state index is 0.109. The number of carbonyl (C=O) groups excluding carboxylic acids is 1. The van der Waals surface area contributed by atoms with Gasteiger partial charge in [0.2, 0.25) is 0 Å². The van der Waals surface area contributed by atoms with Crippen LogP contribution in [0.4, 0.5) is 0 Å². The fourth-order valence-corrected chi connectivity index (χ4v) is 4.71. The normalized spacial score (nSPS) is 18.7. The molecule has 0 N–H and O–H groups in total. The molecular weight excluding hydrogens is 655 g/mol. The number of Topliss-reactive ketones (excluding diaryl/α,β-unsaturated/α-hetero) is 1. The molecule has 0 amide bonds. The van der Waals surface area contributed by atoms with Gasteiger partial charge in [0.05, 0.1) is 14.2 Å². The molecule has 2 aromatic carbocycles. The number of carbonyl (C=O) groups is 1.